The highest BCUT2D eigenvalue weighted by Crippen LogP contribution is 2.18. The second-order valence-corrected chi connectivity index (χ2v) is 21.0. The van der Waals surface area contributed by atoms with Crippen LogP contribution in [0.5, 0.6) is 0 Å². The van der Waals surface area contributed by atoms with Gasteiger partial charge in [0, 0.05) is 12.8 Å². The van der Waals surface area contributed by atoms with E-state index in [9.17, 15) is 19.8 Å². The van der Waals surface area contributed by atoms with E-state index in [0.29, 0.717) is 25.9 Å². The fourth-order valence-electron chi connectivity index (χ4n) is 9.64. The standard InChI is InChI=1S/C61H119NO5/c1-3-5-7-9-11-13-14-35-39-43-47-51-55-61(66)67-56-52-48-44-40-36-33-31-29-27-25-23-21-19-17-15-16-18-20-22-24-26-28-30-32-34-38-42-46-50-54-60(65)62-58(57-63)59(64)53-49-45-41-37-12-10-8-6-4-2/h15,17,58-59,63-64H,3-14,16,18-57H2,1-2H3,(H,62,65)/b17-15-. The van der Waals surface area contributed by atoms with Crippen LogP contribution in [0.4, 0.5) is 0 Å². The number of aliphatic hydroxyl groups is 2. The first kappa shape index (κ1) is 65.6. The summed E-state index contributed by atoms with van der Waals surface area (Å²) in [5.41, 5.74) is 0. The van der Waals surface area contributed by atoms with Crippen molar-refractivity contribution in [2.75, 3.05) is 13.2 Å². The zero-order valence-corrected chi connectivity index (χ0v) is 45.4. The van der Waals surface area contributed by atoms with Gasteiger partial charge in [0.05, 0.1) is 25.4 Å². The Morgan fingerprint density at radius 2 is 0.701 bits per heavy atom. The predicted octanol–water partition coefficient (Wildman–Crippen LogP) is 18.9. The summed E-state index contributed by atoms with van der Waals surface area (Å²) in [4.78, 5) is 24.4. The lowest BCUT2D eigenvalue weighted by molar-refractivity contribution is -0.143. The molecule has 0 aromatic carbocycles. The lowest BCUT2D eigenvalue weighted by atomic mass is 10.0. The van der Waals surface area contributed by atoms with E-state index >= 15 is 0 Å². The summed E-state index contributed by atoms with van der Waals surface area (Å²) in [7, 11) is 0. The van der Waals surface area contributed by atoms with E-state index < -0.39 is 12.1 Å². The molecule has 0 heterocycles. The number of hydrogen-bond acceptors (Lipinski definition) is 5. The van der Waals surface area contributed by atoms with Gasteiger partial charge in [-0.05, 0) is 51.4 Å². The molecule has 0 saturated carbocycles. The number of aliphatic hydroxyl groups excluding tert-OH is 2. The molecule has 3 N–H and O–H groups in total. The normalized spacial score (nSPS) is 12.6. The highest BCUT2D eigenvalue weighted by atomic mass is 16.5. The molecule has 0 aromatic heterocycles. The van der Waals surface area contributed by atoms with Gasteiger partial charge in [-0.2, -0.15) is 0 Å². The summed E-state index contributed by atoms with van der Waals surface area (Å²) >= 11 is 0. The highest BCUT2D eigenvalue weighted by molar-refractivity contribution is 5.76. The monoisotopic (exact) mass is 946 g/mol. The number of amides is 1. The third-order valence-electron chi connectivity index (χ3n) is 14.3. The Labute approximate surface area is 419 Å². The molecule has 2 unspecified atom stereocenters. The summed E-state index contributed by atoms with van der Waals surface area (Å²) < 4.78 is 5.47. The average Bonchev–Trinajstić information content (AvgIpc) is 3.33. The molecule has 0 bridgehead atoms. The lowest BCUT2D eigenvalue weighted by Crippen LogP contribution is -2.45. The molecule has 0 radical (unpaired) electrons. The molecule has 0 rings (SSSR count). The van der Waals surface area contributed by atoms with Crippen molar-refractivity contribution < 1.29 is 24.5 Å². The van der Waals surface area contributed by atoms with E-state index in [1.807, 2.05) is 0 Å². The van der Waals surface area contributed by atoms with Gasteiger partial charge in [-0.25, -0.2) is 0 Å². The number of carbonyl (C=O) groups is 2. The Morgan fingerprint density at radius 3 is 1.06 bits per heavy atom. The van der Waals surface area contributed by atoms with E-state index in [1.54, 1.807) is 0 Å². The molecule has 0 aliphatic heterocycles. The van der Waals surface area contributed by atoms with Crippen LogP contribution in [0.15, 0.2) is 12.2 Å². The maximum Gasteiger partial charge on any atom is 0.305 e. The largest absolute Gasteiger partial charge is 0.466 e. The first-order valence-corrected chi connectivity index (χ1v) is 30.4. The minimum Gasteiger partial charge on any atom is -0.466 e. The smallest absolute Gasteiger partial charge is 0.305 e. The summed E-state index contributed by atoms with van der Waals surface area (Å²) in [6.45, 7) is 4.95. The van der Waals surface area contributed by atoms with Gasteiger partial charge in [0.15, 0.2) is 0 Å². The van der Waals surface area contributed by atoms with Crippen molar-refractivity contribution >= 4 is 11.9 Å². The van der Waals surface area contributed by atoms with Crippen LogP contribution in [-0.4, -0.2) is 47.4 Å². The highest BCUT2D eigenvalue weighted by Gasteiger charge is 2.20. The molecule has 0 aromatic rings. The van der Waals surface area contributed by atoms with E-state index in [1.165, 1.54) is 270 Å². The Bertz CT molecular complexity index is 1000. The van der Waals surface area contributed by atoms with Crippen molar-refractivity contribution in [3.8, 4) is 0 Å². The fourth-order valence-corrected chi connectivity index (χ4v) is 9.64. The van der Waals surface area contributed by atoms with Gasteiger partial charge in [0.2, 0.25) is 5.91 Å². The molecule has 1 amide bonds. The van der Waals surface area contributed by atoms with Gasteiger partial charge < -0.3 is 20.3 Å². The van der Waals surface area contributed by atoms with Crippen LogP contribution in [0.3, 0.4) is 0 Å². The number of ether oxygens (including phenoxy) is 1. The third kappa shape index (κ3) is 53.8. The second kappa shape index (κ2) is 57.2. The molecule has 398 valence electrons. The van der Waals surface area contributed by atoms with Gasteiger partial charge in [0.1, 0.15) is 0 Å². The molecule has 67 heavy (non-hydrogen) atoms. The van der Waals surface area contributed by atoms with E-state index in [2.05, 4.69) is 31.3 Å². The van der Waals surface area contributed by atoms with Crippen molar-refractivity contribution in [2.24, 2.45) is 0 Å². The number of esters is 1. The number of rotatable bonds is 57. The molecular weight excluding hydrogens is 827 g/mol. The van der Waals surface area contributed by atoms with Crippen LogP contribution in [0.25, 0.3) is 0 Å². The summed E-state index contributed by atoms with van der Waals surface area (Å²) in [6.07, 6.45) is 68.1. The van der Waals surface area contributed by atoms with Crippen LogP contribution in [0.2, 0.25) is 0 Å². The zero-order chi connectivity index (χ0) is 48.6. The van der Waals surface area contributed by atoms with E-state index in [-0.39, 0.29) is 18.5 Å². The molecule has 0 spiro atoms. The Kier molecular flexibility index (Phi) is 56.0. The van der Waals surface area contributed by atoms with Gasteiger partial charge >= 0.3 is 5.97 Å². The van der Waals surface area contributed by atoms with Crippen molar-refractivity contribution in [1.29, 1.82) is 0 Å². The van der Waals surface area contributed by atoms with Gasteiger partial charge in [-0.3, -0.25) is 9.59 Å². The van der Waals surface area contributed by atoms with Crippen LogP contribution >= 0.6 is 0 Å². The molecular formula is C61H119NO5. The van der Waals surface area contributed by atoms with E-state index in [4.69, 9.17) is 4.74 Å². The molecule has 0 fully saturated rings. The maximum atomic E-state index is 12.4. The molecule has 0 aliphatic carbocycles. The predicted molar refractivity (Wildman–Crippen MR) is 292 cm³/mol. The first-order chi connectivity index (χ1) is 33.0. The number of unbranched alkanes of at least 4 members (excludes halogenated alkanes) is 44. The average molecular weight is 947 g/mol. The minimum absolute atomic E-state index is 0.0175. The summed E-state index contributed by atoms with van der Waals surface area (Å²) in [6, 6.07) is -0.537. The maximum absolute atomic E-state index is 12.4. The van der Waals surface area contributed by atoms with Gasteiger partial charge in [0.25, 0.3) is 0 Å². The summed E-state index contributed by atoms with van der Waals surface area (Å²) in [5, 5.41) is 23.1. The van der Waals surface area contributed by atoms with Crippen molar-refractivity contribution in [3.63, 3.8) is 0 Å². The fraction of sp³-hybridized carbons (Fsp3) is 0.934. The van der Waals surface area contributed by atoms with Crippen molar-refractivity contribution in [3.05, 3.63) is 12.2 Å². The first-order valence-electron chi connectivity index (χ1n) is 30.4. The molecule has 0 aliphatic rings. The van der Waals surface area contributed by atoms with Crippen LogP contribution in [-0.2, 0) is 14.3 Å². The van der Waals surface area contributed by atoms with E-state index in [0.717, 1.165) is 38.5 Å². The number of nitrogens with one attached hydrogen (secondary N) is 1. The lowest BCUT2D eigenvalue weighted by Gasteiger charge is -2.22. The quantitative estimate of drug-likeness (QED) is 0.0321. The Hall–Kier alpha value is -1.40. The van der Waals surface area contributed by atoms with Gasteiger partial charge in [-0.15, -0.1) is 0 Å². The molecule has 0 saturated heterocycles. The van der Waals surface area contributed by atoms with Gasteiger partial charge in [-0.1, -0.05) is 289 Å². The third-order valence-corrected chi connectivity index (χ3v) is 14.3. The SMILES string of the molecule is CCCCCCCCCCCCCCC(=O)OCCCCCCCCCCCCCC/C=C\CCCCCCCCCCCCCCCC(=O)NC(CO)C(O)CCCCCCCCCCC. The Morgan fingerprint density at radius 1 is 0.403 bits per heavy atom. The molecule has 6 nitrogen and oxygen atoms in total. The second-order valence-electron chi connectivity index (χ2n) is 21.0. The Balaban J connectivity index is 3.33. The molecule has 2 atom stereocenters. The van der Waals surface area contributed by atoms with Crippen LogP contribution in [0.1, 0.15) is 341 Å². The topological polar surface area (TPSA) is 95.9 Å². The summed E-state index contributed by atoms with van der Waals surface area (Å²) in [5.74, 6) is -0.0178. The number of allylic oxidation sites excluding steroid dienone is 2. The van der Waals surface area contributed by atoms with Crippen LogP contribution < -0.4 is 5.32 Å². The van der Waals surface area contributed by atoms with Crippen molar-refractivity contribution in [2.45, 2.75) is 353 Å². The van der Waals surface area contributed by atoms with Crippen molar-refractivity contribution in [1.82, 2.24) is 5.32 Å². The minimum atomic E-state index is -0.660. The van der Waals surface area contributed by atoms with Crippen LogP contribution in [0, 0.1) is 0 Å². The molecule has 6 heteroatoms. The zero-order valence-electron chi connectivity index (χ0n) is 45.4. The number of carbonyl (C=O) groups excluding carboxylic acids is 2. The number of hydrogen-bond donors (Lipinski definition) is 3.